The number of nitrogens with zero attached hydrogens (tertiary/aromatic N) is 3. The second-order valence-electron chi connectivity index (χ2n) is 7.23. The predicted molar refractivity (Wildman–Crippen MR) is 93.1 cm³/mol. The molecule has 3 rings (SSSR count). The molecule has 0 radical (unpaired) electrons. The Labute approximate surface area is 151 Å². The van der Waals surface area contributed by atoms with Crippen LogP contribution in [0.15, 0.2) is 18.2 Å². The number of likely N-dealkylation sites (tertiary alicyclic amines) is 1. The van der Waals surface area contributed by atoms with Gasteiger partial charge in [0.05, 0.1) is 11.6 Å². The van der Waals surface area contributed by atoms with Crippen molar-refractivity contribution in [2.24, 2.45) is 11.8 Å². The maximum atomic E-state index is 14.1. The molecule has 0 saturated carbocycles. The monoisotopic (exact) mass is 363 g/mol. The lowest BCUT2D eigenvalue weighted by Gasteiger charge is -2.34. The summed E-state index contributed by atoms with van der Waals surface area (Å²) in [5.74, 6) is -2.13. The number of benzene rings is 1. The topological polar surface area (TPSA) is 58.4 Å². The summed E-state index contributed by atoms with van der Waals surface area (Å²) in [4.78, 5) is 13.5. The van der Waals surface area contributed by atoms with E-state index >= 15 is 0 Å². The standard InChI is InChI=1S/C19H23F2N3O2/c1-11-6-14(19(25)26)9-23(8-11)10-16-12(2)22-24(13(16)3)18-5-4-15(20)7-17(18)21/h4-5,7,11,14H,6,8-10H2,1-3H3,(H,25,26). The molecule has 1 aliphatic rings. The van der Waals surface area contributed by atoms with E-state index in [-0.39, 0.29) is 11.6 Å². The maximum absolute atomic E-state index is 14.1. The first-order chi connectivity index (χ1) is 12.3. The van der Waals surface area contributed by atoms with Gasteiger partial charge in [0.2, 0.25) is 0 Å². The lowest BCUT2D eigenvalue weighted by Crippen LogP contribution is -2.42. The van der Waals surface area contributed by atoms with Gasteiger partial charge in [-0.15, -0.1) is 0 Å². The highest BCUT2D eigenvalue weighted by Crippen LogP contribution is 2.26. The van der Waals surface area contributed by atoms with Crippen LogP contribution >= 0.6 is 0 Å². The normalized spacial score (nSPS) is 21.1. The molecule has 2 heterocycles. The Morgan fingerprint density at radius 1 is 1.31 bits per heavy atom. The minimum absolute atomic E-state index is 0.202. The van der Waals surface area contributed by atoms with E-state index in [0.29, 0.717) is 25.4 Å². The molecule has 0 aliphatic carbocycles. The van der Waals surface area contributed by atoms with Gasteiger partial charge in [0, 0.05) is 37.0 Å². The third-order valence-corrected chi connectivity index (χ3v) is 5.05. The van der Waals surface area contributed by atoms with E-state index in [2.05, 4.69) is 16.9 Å². The highest BCUT2D eigenvalue weighted by molar-refractivity contribution is 5.70. The molecule has 0 amide bonds. The zero-order chi connectivity index (χ0) is 19.0. The summed E-state index contributed by atoms with van der Waals surface area (Å²) in [6.07, 6.45) is 0.684. The number of halogens is 2. The SMILES string of the molecule is Cc1nn(-c2ccc(F)cc2F)c(C)c1CN1CC(C)CC(C(=O)O)C1. The van der Waals surface area contributed by atoms with Crippen molar-refractivity contribution in [2.75, 3.05) is 13.1 Å². The zero-order valence-electron chi connectivity index (χ0n) is 15.2. The van der Waals surface area contributed by atoms with Crippen LogP contribution in [0.25, 0.3) is 5.69 Å². The Kier molecular flexibility index (Phi) is 5.09. The molecule has 2 aromatic rings. The molecule has 1 N–H and O–H groups in total. The molecular formula is C19H23F2N3O2. The summed E-state index contributed by atoms with van der Waals surface area (Å²) in [7, 11) is 0. The number of aliphatic carboxylic acids is 1. The average molecular weight is 363 g/mol. The Hall–Kier alpha value is -2.28. The number of carboxylic acids is 1. The maximum Gasteiger partial charge on any atom is 0.307 e. The molecular weight excluding hydrogens is 340 g/mol. The first-order valence-corrected chi connectivity index (χ1v) is 8.72. The predicted octanol–water partition coefficient (Wildman–Crippen LogP) is 3.31. The molecule has 140 valence electrons. The van der Waals surface area contributed by atoms with Crippen molar-refractivity contribution in [3.8, 4) is 5.69 Å². The minimum atomic E-state index is -0.765. The van der Waals surface area contributed by atoms with E-state index in [1.54, 1.807) is 0 Å². The van der Waals surface area contributed by atoms with E-state index in [0.717, 1.165) is 29.6 Å². The molecule has 2 unspecified atom stereocenters. The third kappa shape index (κ3) is 3.62. The van der Waals surface area contributed by atoms with Crippen LogP contribution in [0.3, 0.4) is 0 Å². The van der Waals surface area contributed by atoms with Crippen molar-refractivity contribution in [3.63, 3.8) is 0 Å². The van der Waals surface area contributed by atoms with Crippen LogP contribution in [0.1, 0.15) is 30.3 Å². The summed E-state index contributed by atoms with van der Waals surface area (Å²) in [5.41, 5.74) is 2.69. The van der Waals surface area contributed by atoms with Gasteiger partial charge in [-0.05, 0) is 38.3 Å². The molecule has 2 atom stereocenters. The molecule has 7 heteroatoms. The van der Waals surface area contributed by atoms with Crippen LogP contribution in [0.5, 0.6) is 0 Å². The number of aryl methyl sites for hydroxylation is 1. The number of piperidine rings is 1. The summed E-state index contributed by atoms with van der Waals surface area (Å²) < 4.78 is 28.8. The number of carbonyl (C=O) groups is 1. The molecule has 26 heavy (non-hydrogen) atoms. The van der Waals surface area contributed by atoms with Crippen molar-refractivity contribution in [1.29, 1.82) is 0 Å². The summed E-state index contributed by atoms with van der Waals surface area (Å²) in [6.45, 7) is 7.63. The fourth-order valence-corrected chi connectivity index (χ4v) is 3.78. The van der Waals surface area contributed by atoms with Crippen molar-refractivity contribution in [2.45, 2.75) is 33.7 Å². The molecule has 0 bridgehead atoms. The van der Waals surface area contributed by atoms with E-state index in [1.807, 2.05) is 13.8 Å². The zero-order valence-corrected chi connectivity index (χ0v) is 15.2. The molecule has 1 saturated heterocycles. The second-order valence-corrected chi connectivity index (χ2v) is 7.23. The van der Waals surface area contributed by atoms with Gasteiger partial charge in [-0.3, -0.25) is 9.69 Å². The van der Waals surface area contributed by atoms with Crippen LogP contribution in [-0.4, -0.2) is 38.8 Å². The van der Waals surface area contributed by atoms with Crippen LogP contribution in [0, 0.1) is 37.3 Å². The quantitative estimate of drug-likeness (QED) is 0.905. The number of hydrogen-bond donors (Lipinski definition) is 1. The van der Waals surface area contributed by atoms with Crippen LogP contribution < -0.4 is 0 Å². The molecule has 1 aliphatic heterocycles. The van der Waals surface area contributed by atoms with E-state index < -0.39 is 17.6 Å². The summed E-state index contributed by atoms with van der Waals surface area (Å²) in [6, 6.07) is 3.42. The molecule has 1 aromatic heterocycles. The minimum Gasteiger partial charge on any atom is -0.481 e. The lowest BCUT2D eigenvalue weighted by molar-refractivity contribution is -0.144. The Morgan fingerprint density at radius 3 is 2.69 bits per heavy atom. The van der Waals surface area contributed by atoms with Gasteiger partial charge in [0.1, 0.15) is 11.5 Å². The van der Waals surface area contributed by atoms with E-state index in [9.17, 15) is 18.7 Å². The van der Waals surface area contributed by atoms with Crippen molar-refractivity contribution in [3.05, 3.63) is 46.8 Å². The summed E-state index contributed by atoms with van der Waals surface area (Å²) >= 11 is 0. The van der Waals surface area contributed by atoms with Crippen molar-refractivity contribution >= 4 is 5.97 Å². The Bertz CT molecular complexity index is 834. The van der Waals surface area contributed by atoms with E-state index in [1.165, 1.54) is 16.8 Å². The molecule has 5 nitrogen and oxygen atoms in total. The number of aromatic nitrogens is 2. The number of rotatable bonds is 4. The van der Waals surface area contributed by atoms with Crippen molar-refractivity contribution in [1.82, 2.24) is 14.7 Å². The van der Waals surface area contributed by atoms with Crippen LogP contribution in [0.4, 0.5) is 8.78 Å². The van der Waals surface area contributed by atoms with Gasteiger partial charge in [0.25, 0.3) is 0 Å². The molecule has 1 aromatic carbocycles. The Balaban J connectivity index is 1.87. The average Bonchev–Trinajstić information content (AvgIpc) is 2.82. The van der Waals surface area contributed by atoms with Crippen molar-refractivity contribution < 1.29 is 18.7 Å². The van der Waals surface area contributed by atoms with Gasteiger partial charge in [-0.1, -0.05) is 6.92 Å². The van der Waals surface area contributed by atoms with Gasteiger partial charge >= 0.3 is 5.97 Å². The van der Waals surface area contributed by atoms with Gasteiger partial charge in [0.15, 0.2) is 5.82 Å². The number of hydrogen-bond acceptors (Lipinski definition) is 3. The third-order valence-electron chi connectivity index (χ3n) is 5.05. The first-order valence-electron chi connectivity index (χ1n) is 8.72. The van der Waals surface area contributed by atoms with Gasteiger partial charge in [-0.2, -0.15) is 5.10 Å². The van der Waals surface area contributed by atoms with Gasteiger partial charge < -0.3 is 5.11 Å². The highest BCUT2D eigenvalue weighted by atomic mass is 19.1. The fourth-order valence-electron chi connectivity index (χ4n) is 3.78. The molecule has 1 fully saturated rings. The Morgan fingerprint density at radius 2 is 2.04 bits per heavy atom. The molecule has 0 spiro atoms. The van der Waals surface area contributed by atoms with Gasteiger partial charge in [-0.25, -0.2) is 13.5 Å². The van der Waals surface area contributed by atoms with Crippen LogP contribution in [0.2, 0.25) is 0 Å². The number of carboxylic acid groups (broad SMARTS) is 1. The van der Waals surface area contributed by atoms with Crippen LogP contribution in [-0.2, 0) is 11.3 Å². The first kappa shape index (κ1) is 18.5. The fraction of sp³-hybridized carbons (Fsp3) is 0.474. The lowest BCUT2D eigenvalue weighted by atomic mass is 9.90. The highest BCUT2D eigenvalue weighted by Gasteiger charge is 2.30. The largest absolute Gasteiger partial charge is 0.481 e. The second kappa shape index (κ2) is 7.15. The smallest absolute Gasteiger partial charge is 0.307 e. The summed E-state index contributed by atoms with van der Waals surface area (Å²) in [5, 5.41) is 13.8. The van der Waals surface area contributed by atoms with E-state index in [4.69, 9.17) is 0 Å².